The Balaban J connectivity index is 1.40. The Morgan fingerprint density at radius 2 is 2.17 bits per heavy atom. The van der Waals surface area contributed by atoms with Crippen molar-refractivity contribution >= 4 is 17.2 Å². The average Bonchev–Trinajstić information content (AvgIpc) is 3.54. The Labute approximate surface area is 174 Å². The van der Waals surface area contributed by atoms with Gasteiger partial charge in [-0.2, -0.15) is 10.1 Å². The molecule has 152 valence electrons. The predicted octanol–water partition coefficient (Wildman–Crippen LogP) is 3.34. The van der Waals surface area contributed by atoms with Crippen LogP contribution in [0, 0.1) is 5.82 Å². The normalized spacial score (nSPS) is 16.7. The molecule has 1 amide bonds. The molecule has 4 heterocycles. The van der Waals surface area contributed by atoms with E-state index in [9.17, 15) is 9.18 Å². The first-order chi connectivity index (χ1) is 14.7. The first-order valence-electron chi connectivity index (χ1n) is 9.27. The molecule has 3 aromatic heterocycles. The van der Waals surface area contributed by atoms with Gasteiger partial charge >= 0.3 is 0 Å². The number of amides is 1. The van der Waals surface area contributed by atoms with E-state index in [1.165, 1.54) is 28.2 Å². The molecule has 1 saturated heterocycles. The van der Waals surface area contributed by atoms with Gasteiger partial charge in [0.15, 0.2) is 5.69 Å². The molecule has 0 saturated carbocycles. The zero-order chi connectivity index (χ0) is 20.5. The second kappa shape index (κ2) is 7.81. The number of hydrogen-bond acceptors (Lipinski definition) is 7. The fourth-order valence-corrected chi connectivity index (χ4v) is 3.92. The number of nitrogens with zero attached hydrogens (tertiary/aromatic N) is 5. The minimum Gasteiger partial charge on any atom is -0.377 e. The van der Waals surface area contributed by atoms with Crippen molar-refractivity contribution in [2.24, 2.45) is 0 Å². The quantitative estimate of drug-likeness (QED) is 0.499. The van der Waals surface area contributed by atoms with Crippen molar-refractivity contribution in [1.29, 1.82) is 0 Å². The second-order valence-electron chi connectivity index (χ2n) is 6.65. The van der Waals surface area contributed by atoms with Gasteiger partial charge in [-0.05, 0) is 35.7 Å². The van der Waals surface area contributed by atoms with Crippen LogP contribution < -0.4 is 0 Å². The first-order valence-corrected chi connectivity index (χ1v) is 10.1. The summed E-state index contributed by atoms with van der Waals surface area (Å²) in [6.45, 7) is 1.02. The number of benzene rings is 1. The average molecular weight is 425 g/mol. The fourth-order valence-electron chi connectivity index (χ4n) is 3.28. The molecule has 4 aromatic rings. The number of thiophene rings is 1. The molecule has 1 aliphatic heterocycles. The molecule has 0 radical (unpaired) electrons. The number of carbonyl (C=O) groups is 1. The number of aromatic nitrogens is 4. The largest absolute Gasteiger partial charge is 0.377 e. The number of rotatable bonds is 4. The molecule has 0 spiro atoms. The molecule has 5 rings (SSSR count). The van der Waals surface area contributed by atoms with E-state index in [1.807, 2.05) is 17.5 Å². The maximum atomic E-state index is 13.5. The summed E-state index contributed by atoms with van der Waals surface area (Å²) in [5.41, 5.74) is 0.772. The second-order valence-corrected chi connectivity index (χ2v) is 7.60. The Kier molecular flexibility index (Phi) is 4.85. The monoisotopic (exact) mass is 425 g/mol. The summed E-state index contributed by atoms with van der Waals surface area (Å²) in [5, 5.41) is 10.3. The summed E-state index contributed by atoms with van der Waals surface area (Å²) >= 11 is 1.51. The van der Waals surface area contributed by atoms with E-state index in [1.54, 1.807) is 29.3 Å². The number of hydrogen-bond donors (Lipinski definition) is 0. The van der Waals surface area contributed by atoms with Crippen LogP contribution in [0.5, 0.6) is 0 Å². The van der Waals surface area contributed by atoms with Crippen LogP contribution in [-0.4, -0.2) is 50.5 Å². The summed E-state index contributed by atoms with van der Waals surface area (Å²) < 4.78 is 26.0. The van der Waals surface area contributed by atoms with Crippen molar-refractivity contribution < 1.29 is 18.4 Å². The van der Waals surface area contributed by atoms with Gasteiger partial charge in [0.1, 0.15) is 11.9 Å². The van der Waals surface area contributed by atoms with Crippen LogP contribution >= 0.6 is 11.3 Å². The highest BCUT2D eigenvalue weighted by atomic mass is 32.1. The molecule has 0 N–H and O–H groups in total. The molecule has 30 heavy (non-hydrogen) atoms. The van der Waals surface area contributed by atoms with Gasteiger partial charge in [-0.3, -0.25) is 4.79 Å². The number of morpholine rings is 1. The zero-order valence-electron chi connectivity index (χ0n) is 15.6. The van der Waals surface area contributed by atoms with Crippen LogP contribution in [0.1, 0.15) is 22.4 Å². The van der Waals surface area contributed by atoms with Crippen molar-refractivity contribution in [3.05, 3.63) is 71.4 Å². The first kappa shape index (κ1) is 18.6. The molecule has 1 aromatic carbocycles. The highest BCUT2D eigenvalue weighted by molar-refractivity contribution is 7.13. The van der Waals surface area contributed by atoms with Gasteiger partial charge in [0.05, 0.1) is 23.8 Å². The lowest BCUT2D eigenvalue weighted by molar-refractivity contribution is -0.0122. The Hall–Kier alpha value is -3.37. The van der Waals surface area contributed by atoms with Gasteiger partial charge < -0.3 is 14.2 Å². The van der Waals surface area contributed by atoms with Gasteiger partial charge in [-0.1, -0.05) is 17.3 Å². The summed E-state index contributed by atoms with van der Waals surface area (Å²) in [7, 11) is 0. The standard InChI is InChI=1S/C20H16FN5O3S/c21-13-3-1-4-14(11-13)26-7-6-15(23-26)20(27)25-8-9-28-12-16(25)19-22-18(24-29-19)17-5-2-10-30-17/h1-7,10-11,16H,8-9,12H2. The van der Waals surface area contributed by atoms with Gasteiger partial charge in [0, 0.05) is 12.7 Å². The maximum Gasteiger partial charge on any atom is 0.275 e. The number of carbonyl (C=O) groups excluding carboxylic acids is 1. The third-order valence-electron chi connectivity index (χ3n) is 4.74. The van der Waals surface area contributed by atoms with Crippen LogP contribution in [0.2, 0.25) is 0 Å². The summed E-state index contributed by atoms with van der Waals surface area (Å²) in [6.07, 6.45) is 1.62. The highest BCUT2D eigenvalue weighted by Gasteiger charge is 2.34. The SMILES string of the molecule is O=C(c1ccn(-c2cccc(F)c2)n1)N1CCOCC1c1nc(-c2cccs2)no1. The summed E-state index contributed by atoms with van der Waals surface area (Å²) in [5.74, 6) is 0.140. The van der Waals surface area contributed by atoms with E-state index in [2.05, 4.69) is 15.2 Å². The lowest BCUT2D eigenvalue weighted by atomic mass is 10.2. The molecule has 10 heteroatoms. The van der Waals surface area contributed by atoms with E-state index < -0.39 is 6.04 Å². The van der Waals surface area contributed by atoms with E-state index in [4.69, 9.17) is 9.26 Å². The molecular formula is C20H16FN5O3S. The van der Waals surface area contributed by atoms with Gasteiger partial charge in [-0.25, -0.2) is 9.07 Å². The molecule has 0 bridgehead atoms. The van der Waals surface area contributed by atoms with Crippen molar-refractivity contribution in [3.63, 3.8) is 0 Å². The lowest BCUT2D eigenvalue weighted by Gasteiger charge is -2.32. The molecule has 1 fully saturated rings. The summed E-state index contributed by atoms with van der Waals surface area (Å²) in [6, 6.07) is 10.9. The van der Waals surface area contributed by atoms with Crippen LogP contribution in [0.25, 0.3) is 16.4 Å². The Bertz CT molecular complexity index is 1170. The van der Waals surface area contributed by atoms with Crippen molar-refractivity contribution in [3.8, 4) is 16.4 Å². The number of halogens is 1. The van der Waals surface area contributed by atoms with Crippen molar-refractivity contribution in [1.82, 2.24) is 24.8 Å². The van der Waals surface area contributed by atoms with Crippen LogP contribution in [0.15, 0.2) is 58.6 Å². The third kappa shape index (κ3) is 3.51. The van der Waals surface area contributed by atoms with Gasteiger partial charge in [-0.15, -0.1) is 11.3 Å². The maximum absolute atomic E-state index is 13.5. The minimum absolute atomic E-state index is 0.240. The molecule has 8 nitrogen and oxygen atoms in total. The van der Waals surface area contributed by atoms with E-state index in [0.29, 0.717) is 30.6 Å². The Morgan fingerprint density at radius 1 is 1.23 bits per heavy atom. The van der Waals surface area contributed by atoms with Crippen LogP contribution in [-0.2, 0) is 4.74 Å². The molecule has 1 unspecified atom stereocenters. The van der Waals surface area contributed by atoms with Crippen molar-refractivity contribution in [2.75, 3.05) is 19.8 Å². The van der Waals surface area contributed by atoms with Crippen molar-refractivity contribution in [2.45, 2.75) is 6.04 Å². The molecule has 0 aliphatic carbocycles. The summed E-state index contributed by atoms with van der Waals surface area (Å²) in [4.78, 5) is 20.1. The molecule has 1 atom stereocenters. The van der Waals surface area contributed by atoms with Gasteiger partial charge in [0.25, 0.3) is 11.8 Å². The molecular weight excluding hydrogens is 409 g/mol. The van der Waals surface area contributed by atoms with Crippen LogP contribution in [0.4, 0.5) is 4.39 Å². The number of ether oxygens (including phenoxy) is 1. The van der Waals surface area contributed by atoms with Crippen LogP contribution in [0.3, 0.4) is 0 Å². The third-order valence-corrected chi connectivity index (χ3v) is 5.60. The Morgan fingerprint density at radius 3 is 3.00 bits per heavy atom. The smallest absolute Gasteiger partial charge is 0.275 e. The van der Waals surface area contributed by atoms with E-state index >= 15 is 0 Å². The lowest BCUT2D eigenvalue weighted by Crippen LogP contribution is -2.43. The van der Waals surface area contributed by atoms with E-state index in [0.717, 1.165) is 4.88 Å². The molecule has 1 aliphatic rings. The van der Waals surface area contributed by atoms with Gasteiger partial charge in [0.2, 0.25) is 5.82 Å². The fraction of sp³-hybridized carbons (Fsp3) is 0.200. The van der Waals surface area contributed by atoms with E-state index in [-0.39, 0.29) is 24.0 Å². The topological polar surface area (TPSA) is 86.3 Å². The zero-order valence-corrected chi connectivity index (χ0v) is 16.5. The predicted molar refractivity (Wildman–Crippen MR) is 106 cm³/mol. The highest BCUT2D eigenvalue weighted by Crippen LogP contribution is 2.28. The minimum atomic E-state index is -0.508.